The number of methoxy groups -OCH3 is 1. The van der Waals surface area contributed by atoms with Crippen LogP contribution in [-0.2, 0) is 0 Å². The van der Waals surface area contributed by atoms with E-state index in [9.17, 15) is 0 Å². The maximum absolute atomic E-state index is 6.15. The Morgan fingerprint density at radius 1 is 1.40 bits per heavy atom. The summed E-state index contributed by atoms with van der Waals surface area (Å²) in [5, 5.41) is 6.44. The summed E-state index contributed by atoms with van der Waals surface area (Å²) in [6.45, 7) is 3.09. The van der Waals surface area contributed by atoms with Gasteiger partial charge in [0, 0.05) is 10.6 Å². The van der Waals surface area contributed by atoms with Crippen molar-refractivity contribution in [2.45, 2.75) is 19.4 Å². The highest BCUT2D eigenvalue weighted by Crippen LogP contribution is 2.35. The van der Waals surface area contributed by atoms with Gasteiger partial charge in [0.25, 0.3) is 0 Å². The van der Waals surface area contributed by atoms with Crippen LogP contribution in [-0.4, -0.2) is 13.7 Å². The van der Waals surface area contributed by atoms with E-state index in [4.69, 9.17) is 16.3 Å². The van der Waals surface area contributed by atoms with Gasteiger partial charge in [-0.3, -0.25) is 0 Å². The molecule has 0 aliphatic rings. The lowest BCUT2D eigenvalue weighted by Gasteiger charge is -2.21. The quantitative estimate of drug-likeness (QED) is 0.744. The van der Waals surface area contributed by atoms with E-state index in [1.807, 2.05) is 18.2 Å². The number of ether oxygens (including phenoxy) is 1. The molecule has 0 saturated heterocycles. The zero-order chi connectivity index (χ0) is 14.5. The second kappa shape index (κ2) is 7.46. The van der Waals surface area contributed by atoms with Gasteiger partial charge in [0.1, 0.15) is 5.75 Å². The third kappa shape index (κ3) is 3.76. The fourth-order valence-electron chi connectivity index (χ4n) is 2.10. The van der Waals surface area contributed by atoms with Crippen molar-refractivity contribution in [1.82, 2.24) is 5.32 Å². The van der Waals surface area contributed by atoms with Gasteiger partial charge in [0.15, 0.2) is 0 Å². The lowest BCUT2D eigenvalue weighted by Crippen LogP contribution is -2.23. The van der Waals surface area contributed by atoms with Crippen molar-refractivity contribution in [2.24, 2.45) is 0 Å². The average molecular weight is 375 g/mol. The zero-order valence-corrected chi connectivity index (χ0v) is 14.6. The highest BCUT2D eigenvalue weighted by molar-refractivity contribution is 9.11. The predicted octanol–water partition coefficient (Wildman–Crippen LogP) is 5.26. The van der Waals surface area contributed by atoms with Crippen molar-refractivity contribution in [3.8, 4) is 5.75 Å². The summed E-state index contributed by atoms with van der Waals surface area (Å²) in [6, 6.07) is 7.97. The second-order valence-corrected chi connectivity index (χ2v) is 7.18. The molecule has 0 saturated carbocycles. The molecule has 1 aromatic heterocycles. The Kier molecular flexibility index (Phi) is 5.90. The van der Waals surface area contributed by atoms with Crippen LogP contribution in [0.5, 0.6) is 5.75 Å². The summed E-state index contributed by atoms with van der Waals surface area (Å²) in [7, 11) is 1.69. The van der Waals surface area contributed by atoms with E-state index >= 15 is 0 Å². The van der Waals surface area contributed by atoms with Crippen molar-refractivity contribution in [3.63, 3.8) is 0 Å². The highest BCUT2D eigenvalue weighted by atomic mass is 79.9. The van der Waals surface area contributed by atoms with Crippen molar-refractivity contribution >= 4 is 38.9 Å². The molecule has 0 aliphatic heterocycles. The molecule has 2 aromatic rings. The number of thiophene rings is 1. The zero-order valence-electron chi connectivity index (χ0n) is 11.5. The molecule has 1 unspecified atom stereocenters. The maximum Gasteiger partial charge on any atom is 0.124 e. The monoisotopic (exact) mass is 373 g/mol. The molecule has 0 radical (unpaired) electrons. The summed E-state index contributed by atoms with van der Waals surface area (Å²) in [5.74, 6) is 0.852. The summed E-state index contributed by atoms with van der Waals surface area (Å²) in [6.07, 6.45) is 1.07. The molecule has 0 aliphatic carbocycles. The molecule has 0 bridgehead atoms. The van der Waals surface area contributed by atoms with Crippen LogP contribution in [0.4, 0.5) is 0 Å². The summed E-state index contributed by atoms with van der Waals surface area (Å²) >= 11 is 11.4. The first-order valence-corrected chi connectivity index (χ1v) is 8.51. The Morgan fingerprint density at radius 2 is 2.20 bits per heavy atom. The molecule has 1 atom stereocenters. The van der Waals surface area contributed by atoms with Crippen LogP contribution in [0.25, 0.3) is 0 Å². The van der Waals surface area contributed by atoms with Crippen molar-refractivity contribution in [1.29, 1.82) is 0 Å². The summed E-state index contributed by atoms with van der Waals surface area (Å²) < 4.78 is 6.60. The number of benzene rings is 1. The van der Waals surface area contributed by atoms with Gasteiger partial charge in [-0.1, -0.05) is 18.5 Å². The summed E-state index contributed by atoms with van der Waals surface area (Å²) in [5.41, 5.74) is 2.29. The average Bonchev–Trinajstić information content (AvgIpc) is 2.86. The van der Waals surface area contributed by atoms with Gasteiger partial charge in [0.2, 0.25) is 0 Å². The van der Waals surface area contributed by atoms with Gasteiger partial charge in [-0.15, -0.1) is 11.3 Å². The lowest BCUT2D eigenvalue weighted by atomic mass is 10.00. The van der Waals surface area contributed by atoms with E-state index in [1.54, 1.807) is 18.4 Å². The van der Waals surface area contributed by atoms with Crippen LogP contribution in [0, 0.1) is 0 Å². The Labute approximate surface area is 137 Å². The Morgan fingerprint density at radius 3 is 2.80 bits per heavy atom. The van der Waals surface area contributed by atoms with E-state index in [-0.39, 0.29) is 6.04 Å². The molecule has 2 rings (SSSR count). The van der Waals surface area contributed by atoms with Crippen LogP contribution >= 0.6 is 38.9 Å². The third-order valence-electron chi connectivity index (χ3n) is 3.02. The lowest BCUT2D eigenvalue weighted by molar-refractivity contribution is 0.404. The normalized spacial score (nSPS) is 12.4. The van der Waals surface area contributed by atoms with Gasteiger partial charge in [-0.25, -0.2) is 0 Å². The fraction of sp³-hybridized carbons (Fsp3) is 0.333. The highest BCUT2D eigenvalue weighted by Gasteiger charge is 2.19. The SMILES string of the molecule is CCCNC(c1csc(Br)c1)c1cc(Cl)ccc1OC. The second-order valence-electron chi connectivity index (χ2n) is 4.46. The Bertz CT molecular complexity index is 573. The standard InChI is InChI=1S/C15H17BrClNOS/c1-3-6-18-15(10-7-14(16)20-9-10)12-8-11(17)4-5-13(12)19-2/h4-5,7-9,15,18H,3,6H2,1-2H3. The van der Waals surface area contributed by atoms with Gasteiger partial charge in [-0.05, 0) is 64.1 Å². The number of hydrogen-bond donors (Lipinski definition) is 1. The largest absolute Gasteiger partial charge is 0.496 e. The molecule has 20 heavy (non-hydrogen) atoms. The molecule has 5 heteroatoms. The first-order valence-electron chi connectivity index (χ1n) is 6.46. The molecule has 2 nitrogen and oxygen atoms in total. The molecule has 1 heterocycles. The minimum absolute atomic E-state index is 0.0890. The van der Waals surface area contributed by atoms with E-state index in [2.05, 4.69) is 39.6 Å². The molecule has 1 N–H and O–H groups in total. The summed E-state index contributed by atoms with van der Waals surface area (Å²) in [4.78, 5) is 0. The van der Waals surface area contributed by atoms with Gasteiger partial charge in [0.05, 0.1) is 16.9 Å². The van der Waals surface area contributed by atoms with Crippen molar-refractivity contribution in [2.75, 3.05) is 13.7 Å². The van der Waals surface area contributed by atoms with Gasteiger partial charge < -0.3 is 10.1 Å². The smallest absolute Gasteiger partial charge is 0.124 e. The van der Waals surface area contributed by atoms with Gasteiger partial charge >= 0.3 is 0 Å². The van der Waals surface area contributed by atoms with Crippen LogP contribution in [0.15, 0.2) is 33.4 Å². The van der Waals surface area contributed by atoms with E-state index in [0.29, 0.717) is 0 Å². The first kappa shape index (κ1) is 15.8. The number of hydrogen-bond acceptors (Lipinski definition) is 3. The van der Waals surface area contributed by atoms with Crippen molar-refractivity contribution in [3.05, 3.63) is 49.6 Å². The molecule has 108 valence electrons. The van der Waals surface area contributed by atoms with Crippen LogP contribution in [0.2, 0.25) is 5.02 Å². The minimum atomic E-state index is 0.0890. The third-order valence-corrected chi connectivity index (χ3v) is 4.78. The van der Waals surface area contributed by atoms with Crippen molar-refractivity contribution < 1.29 is 4.74 Å². The number of halogens is 2. The molecule has 0 amide bonds. The molecule has 0 spiro atoms. The van der Waals surface area contributed by atoms with Gasteiger partial charge in [-0.2, -0.15) is 0 Å². The molecule has 0 fully saturated rings. The Balaban J connectivity index is 2.42. The topological polar surface area (TPSA) is 21.3 Å². The maximum atomic E-state index is 6.15. The van der Waals surface area contributed by atoms with Crippen LogP contribution in [0.1, 0.15) is 30.5 Å². The Hall–Kier alpha value is -0.550. The first-order chi connectivity index (χ1) is 9.65. The van der Waals surface area contributed by atoms with E-state index in [0.717, 1.165) is 33.1 Å². The minimum Gasteiger partial charge on any atom is -0.496 e. The molecular formula is C15H17BrClNOS. The van der Waals surface area contributed by atoms with E-state index in [1.165, 1.54) is 5.56 Å². The van der Waals surface area contributed by atoms with E-state index < -0.39 is 0 Å². The van der Waals surface area contributed by atoms with Crippen LogP contribution in [0.3, 0.4) is 0 Å². The molecule has 1 aromatic carbocycles. The predicted molar refractivity (Wildman–Crippen MR) is 90.2 cm³/mol. The molecular weight excluding hydrogens is 358 g/mol. The number of rotatable bonds is 6. The fourth-order valence-corrected chi connectivity index (χ4v) is 3.48. The van der Waals surface area contributed by atoms with Crippen LogP contribution < -0.4 is 10.1 Å². The number of nitrogens with one attached hydrogen (secondary N) is 1.